The zero-order valence-corrected chi connectivity index (χ0v) is 11.1. The third-order valence-electron chi connectivity index (χ3n) is 2.34. The molecule has 0 atom stereocenters. The lowest BCUT2D eigenvalue weighted by atomic mass is 10.3. The lowest BCUT2D eigenvalue weighted by Gasteiger charge is -2.05. The van der Waals surface area contributed by atoms with E-state index in [0.29, 0.717) is 18.1 Å². The second-order valence-corrected chi connectivity index (χ2v) is 4.71. The molecular formula is C13H13NO4S. The van der Waals surface area contributed by atoms with Crippen LogP contribution in [0.3, 0.4) is 0 Å². The summed E-state index contributed by atoms with van der Waals surface area (Å²) in [7, 11) is 1.60. The van der Waals surface area contributed by atoms with Gasteiger partial charge in [0.15, 0.2) is 0 Å². The van der Waals surface area contributed by atoms with Crippen LogP contribution in [0.5, 0.6) is 11.5 Å². The Morgan fingerprint density at radius 1 is 1.42 bits per heavy atom. The first-order chi connectivity index (χ1) is 9.17. The molecule has 2 aromatic rings. The zero-order valence-electron chi connectivity index (χ0n) is 10.3. The van der Waals surface area contributed by atoms with Crippen LogP contribution in [0.1, 0.15) is 10.7 Å². The summed E-state index contributed by atoms with van der Waals surface area (Å²) in [5, 5.41) is 11.1. The van der Waals surface area contributed by atoms with Gasteiger partial charge in [-0.25, -0.2) is 4.98 Å². The molecule has 0 unspecified atom stereocenters. The minimum absolute atomic E-state index is 0.0599. The van der Waals surface area contributed by atoms with E-state index in [9.17, 15) is 4.79 Å². The maximum absolute atomic E-state index is 10.5. The second-order valence-electron chi connectivity index (χ2n) is 3.77. The molecule has 0 saturated carbocycles. The molecule has 0 aliphatic carbocycles. The summed E-state index contributed by atoms with van der Waals surface area (Å²) in [6.45, 7) is 0.317. The average molecular weight is 279 g/mol. The molecule has 0 aliphatic rings. The predicted octanol–water partition coefficient (Wildman–Crippen LogP) is 2.36. The molecule has 0 spiro atoms. The number of aromatic nitrogens is 1. The highest BCUT2D eigenvalue weighted by atomic mass is 32.1. The predicted molar refractivity (Wildman–Crippen MR) is 70.8 cm³/mol. The molecule has 1 aromatic heterocycles. The van der Waals surface area contributed by atoms with Crippen LogP contribution in [0.25, 0.3) is 0 Å². The number of nitrogens with zero attached hydrogens (tertiary/aromatic N) is 1. The lowest BCUT2D eigenvalue weighted by Crippen LogP contribution is -2.01. The Labute approximate surface area is 114 Å². The van der Waals surface area contributed by atoms with E-state index in [-0.39, 0.29) is 6.42 Å². The minimum Gasteiger partial charge on any atom is -0.497 e. The molecule has 19 heavy (non-hydrogen) atoms. The largest absolute Gasteiger partial charge is 0.497 e. The number of carbonyl (C=O) groups is 1. The van der Waals surface area contributed by atoms with Crippen molar-refractivity contribution in [3.8, 4) is 11.5 Å². The fraction of sp³-hybridized carbons (Fsp3) is 0.231. The first kappa shape index (κ1) is 13.4. The molecule has 5 nitrogen and oxygen atoms in total. The Morgan fingerprint density at radius 2 is 2.21 bits per heavy atom. The van der Waals surface area contributed by atoms with Gasteiger partial charge in [0.05, 0.1) is 19.2 Å². The fourth-order valence-corrected chi connectivity index (χ4v) is 2.19. The standard InChI is InChI=1S/C13H13NO4S/c1-17-10-3-2-4-11(6-10)18-7-12-14-9(8-19-12)5-13(15)16/h2-4,6,8H,5,7H2,1H3,(H,15,16). The lowest BCUT2D eigenvalue weighted by molar-refractivity contribution is -0.136. The molecule has 0 saturated heterocycles. The number of carboxylic acids is 1. The van der Waals surface area contributed by atoms with Gasteiger partial charge in [0.2, 0.25) is 0 Å². The van der Waals surface area contributed by atoms with Gasteiger partial charge in [0, 0.05) is 11.4 Å². The summed E-state index contributed by atoms with van der Waals surface area (Å²) in [6, 6.07) is 7.28. The van der Waals surface area contributed by atoms with Crippen LogP contribution in [-0.4, -0.2) is 23.2 Å². The first-order valence-corrected chi connectivity index (χ1v) is 6.47. The van der Waals surface area contributed by atoms with Crippen molar-refractivity contribution in [2.24, 2.45) is 0 Å². The third kappa shape index (κ3) is 3.96. The van der Waals surface area contributed by atoms with Crippen molar-refractivity contribution in [1.82, 2.24) is 4.98 Å². The molecule has 1 aromatic carbocycles. The van der Waals surface area contributed by atoms with Gasteiger partial charge in [-0.3, -0.25) is 4.79 Å². The number of hydrogen-bond acceptors (Lipinski definition) is 5. The molecule has 1 N–H and O–H groups in total. The molecule has 0 aliphatic heterocycles. The molecule has 100 valence electrons. The zero-order chi connectivity index (χ0) is 13.7. The van der Waals surface area contributed by atoms with E-state index in [2.05, 4.69) is 4.98 Å². The molecule has 0 fully saturated rings. The van der Waals surface area contributed by atoms with Crippen molar-refractivity contribution in [1.29, 1.82) is 0 Å². The second kappa shape index (κ2) is 6.19. The van der Waals surface area contributed by atoms with E-state index >= 15 is 0 Å². The van der Waals surface area contributed by atoms with Gasteiger partial charge in [0.25, 0.3) is 0 Å². The van der Waals surface area contributed by atoms with Crippen molar-refractivity contribution < 1.29 is 19.4 Å². The van der Waals surface area contributed by atoms with E-state index in [0.717, 1.165) is 10.8 Å². The Hall–Kier alpha value is -2.08. The van der Waals surface area contributed by atoms with E-state index in [1.165, 1.54) is 11.3 Å². The van der Waals surface area contributed by atoms with E-state index in [1.54, 1.807) is 18.6 Å². The third-order valence-corrected chi connectivity index (χ3v) is 3.21. The van der Waals surface area contributed by atoms with Crippen LogP contribution in [0, 0.1) is 0 Å². The number of rotatable bonds is 6. The maximum atomic E-state index is 10.5. The Morgan fingerprint density at radius 3 is 2.95 bits per heavy atom. The maximum Gasteiger partial charge on any atom is 0.309 e. The number of methoxy groups -OCH3 is 1. The van der Waals surface area contributed by atoms with Gasteiger partial charge in [-0.05, 0) is 12.1 Å². The van der Waals surface area contributed by atoms with Crippen LogP contribution in [0.2, 0.25) is 0 Å². The van der Waals surface area contributed by atoms with Gasteiger partial charge >= 0.3 is 5.97 Å². The van der Waals surface area contributed by atoms with Crippen molar-refractivity contribution in [2.75, 3.05) is 7.11 Å². The van der Waals surface area contributed by atoms with Crippen LogP contribution >= 0.6 is 11.3 Å². The van der Waals surface area contributed by atoms with Crippen LogP contribution in [-0.2, 0) is 17.8 Å². The molecule has 0 bridgehead atoms. The Bertz CT molecular complexity index is 567. The fourth-order valence-electron chi connectivity index (χ4n) is 1.49. The smallest absolute Gasteiger partial charge is 0.309 e. The van der Waals surface area contributed by atoms with E-state index in [4.69, 9.17) is 14.6 Å². The van der Waals surface area contributed by atoms with Crippen LogP contribution < -0.4 is 9.47 Å². The van der Waals surface area contributed by atoms with Crippen molar-refractivity contribution in [3.63, 3.8) is 0 Å². The van der Waals surface area contributed by atoms with Crippen molar-refractivity contribution in [3.05, 3.63) is 40.3 Å². The summed E-state index contributed by atoms with van der Waals surface area (Å²) in [4.78, 5) is 14.7. The van der Waals surface area contributed by atoms with Gasteiger partial charge in [-0.2, -0.15) is 0 Å². The summed E-state index contributed by atoms with van der Waals surface area (Å²) in [6.07, 6.45) is -0.0599. The number of thiazole rings is 1. The summed E-state index contributed by atoms with van der Waals surface area (Å²) in [5.74, 6) is 0.531. The topological polar surface area (TPSA) is 68.7 Å². The highest BCUT2D eigenvalue weighted by Crippen LogP contribution is 2.20. The SMILES string of the molecule is COc1cccc(OCc2nc(CC(=O)O)cs2)c1. The van der Waals surface area contributed by atoms with Crippen LogP contribution in [0.15, 0.2) is 29.6 Å². The molecule has 0 amide bonds. The van der Waals surface area contributed by atoms with E-state index < -0.39 is 5.97 Å². The summed E-state index contributed by atoms with van der Waals surface area (Å²) >= 11 is 1.39. The summed E-state index contributed by atoms with van der Waals surface area (Å²) < 4.78 is 10.7. The van der Waals surface area contributed by atoms with Crippen molar-refractivity contribution >= 4 is 17.3 Å². The normalized spacial score (nSPS) is 10.2. The first-order valence-electron chi connectivity index (χ1n) is 5.59. The Balaban J connectivity index is 1.94. The number of carboxylic acid groups (broad SMARTS) is 1. The molecule has 0 radical (unpaired) electrons. The number of benzene rings is 1. The van der Waals surface area contributed by atoms with Crippen LogP contribution in [0.4, 0.5) is 0 Å². The van der Waals surface area contributed by atoms with Crippen molar-refractivity contribution in [2.45, 2.75) is 13.0 Å². The molecule has 2 rings (SSSR count). The van der Waals surface area contributed by atoms with Gasteiger partial charge < -0.3 is 14.6 Å². The molecule has 1 heterocycles. The quantitative estimate of drug-likeness (QED) is 0.879. The molecule has 6 heteroatoms. The number of ether oxygens (including phenoxy) is 2. The van der Waals surface area contributed by atoms with Gasteiger partial charge in [0.1, 0.15) is 23.1 Å². The summed E-state index contributed by atoms with van der Waals surface area (Å²) in [5.41, 5.74) is 0.557. The highest BCUT2D eigenvalue weighted by molar-refractivity contribution is 7.09. The highest BCUT2D eigenvalue weighted by Gasteiger charge is 2.07. The monoisotopic (exact) mass is 279 g/mol. The minimum atomic E-state index is -0.884. The van der Waals surface area contributed by atoms with Gasteiger partial charge in [-0.15, -0.1) is 11.3 Å². The number of hydrogen-bond donors (Lipinski definition) is 1. The average Bonchev–Trinajstić information content (AvgIpc) is 2.83. The van der Waals surface area contributed by atoms with E-state index in [1.807, 2.05) is 18.2 Å². The number of aliphatic carboxylic acids is 1. The van der Waals surface area contributed by atoms with Gasteiger partial charge in [-0.1, -0.05) is 6.07 Å². The molecular weight excluding hydrogens is 266 g/mol. The Kier molecular flexibility index (Phi) is 4.35.